The molecule has 0 aliphatic carbocycles. The molecule has 11 heavy (non-hydrogen) atoms. The molecule has 3 nitrogen and oxygen atoms in total. The molecule has 0 bridgehead atoms. The van der Waals surface area contributed by atoms with E-state index in [0.717, 1.165) is 0 Å². The van der Waals surface area contributed by atoms with Crippen LogP contribution in [0.2, 0.25) is 0 Å². The molecule has 0 atom stereocenters. The molecule has 1 aliphatic rings. The first-order chi connectivity index (χ1) is 5.36. The molecule has 0 spiro atoms. The molecule has 1 heterocycles. The number of fused-ring (bicyclic) bond motifs is 1. The number of aliphatic imine (C=N–C) groups is 1. The molecular formula is C7H5FN2O. The van der Waals surface area contributed by atoms with E-state index in [1.54, 1.807) is 0 Å². The van der Waals surface area contributed by atoms with Gasteiger partial charge < -0.3 is 4.84 Å². The summed E-state index contributed by atoms with van der Waals surface area (Å²) in [6.07, 6.45) is 1.36. The van der Waals surface area contributed by atoms with E-state index in [4.69, 9.17) is 4.84 Å². The lowest BCUT2D eigenvalue weighted by atomic mass is 10.3. The van der Waals surface area contributed by atoms with Crippen molar-refractivity contribution in [1.82, 2.24) is 5.48 Å². The summed E-state index contributed by atoms with van der Waals surface area (Å²) in [5, 5.41) is 0. The minimum atomic E-state index is -0.314. The number of hydrogen-bond donors (Lipinski definition) is 1. The van der Waals surface area contributed by atoms with Crippen molar-refractivity contribution in [3.8, 4) is 5.75 Å². The van der Waals surface area contributed by atoms with Crippen molar-refractivity contribution in [2.75, 3.05) is 0 Å². The fraction of sp³-hybridized carbons (Fsp3) is 0. The zero-order valence-electron chi connectivity index (χ0n) is 5.54. The Bertz CT molecular complexity index is 311. The number of hydrogen-bond acceptors (Lipinski definition) is 3. The molecule has 1 aromatic carbocycles. The first-order valence-corrected chi connectivity index (χ1v) is 3.11. The van der Waals surface area contributed by atoms with Gasteiger partial charge in [0.25, 0.3) is 0 Å². The minimum Gasteiger partial charge on any atom is -0.379 e. The summed E-state index contributed by atoms with van der Waals surface area (Å²) in [5.74, 6) is 0.223. The van der Waals surface area contributed by atoms with Gasteiger partial charge in [-0.05, 0) is 12.1 Å². The summed E-state index contributed by atoms with van der Waals surface area (Å²) in [7, 11) is 0. The smallest absolute Gasteiger partial charge is 0.180 e. The lowest BCUT2D eigenvalue weighted by molar-refractivity contribution is 0.263. The lowest BCUT2D eigenvalue weighted by Crippen LogP contribution is -2.18. The van der Waals surface area contributed by atoms with Crippen LogP contribution in [0.15, 0.2) is 23.2 Å². The topological polar surface area (TPSA) is 33.6 Å². The van der Waals surface area contributed by atoms with Crippen LogP contribution in [0.4, 0.5) is 10.1 Å². The van der Waals surface area contributed by atoms with Crippen LogP contribution in [0.3, 0.4) is 0 Å². The maximum absolute atomic E-state index is 12.5. The summed E-state index contributed by atoms with van der Waals surface area (Å²) in [5.41, 5.74) is 2.95. The van der Waals surface area contributed by atoms with Gasteiger partial charge in [-0.3, -0.25) is 0 Å². The average Bonchev–Trinajstić information content (AvgIpc) is 2.04. The van der Waals surface area contributed by atoms with Gasteiger partial charge in [0.15, 0.2) is 5.75 Å². The van der Waals surface area contributed by atoms with Gasteiger partial charge in [-0.1, -0.05) is 0 Å². The van der Waals surface area contributed by atoms with Gasteiger partial charge in [0.1, 0.15) is 17.8 Å². The number of halogens is 1. The van der Waals surface area contributed by atoms with Crippen LogP contribution in [-0.4, -0.2) is 6.34 Å². The Labute approximate surface area is 62.5 Å². The summed E-state index contributed by atoms with van der Waals surface area (Å²) in [6, 6.07) is 4.15. The van der Waals surface area contributed by atoms with Gasteiger partial charge in [0, 0.05) is 6.07 Å². The Morgan fingerprint density at radius 3 is 3.27 bits per heavy atom. The number of rotatable bonds is 0. The molecule has 0 unspecified atom stereocenters. The molecule has 0 saturated heterocycles. The fourth-order valence-corrected chi connectivity index (χ4v) is 0.863. The van der Waals surface area contributed by atoms with Crippen molar-refractivity contribution >= 4 is 12.0 Å². The van der Waals surface area contributed by atoms with Gasteiger partial charge >= 0.3 is 0 Å². The monoisotopic (exact) mass is 152 g/mol. The number of hydroxylamine groups is 1. The Balaban J connectivity index is 2.54. The third-order valence-electron chi connectivity index (χ3n) is 1.35. The number of nitrogens with zero attached hydrogens (tertiary/aromatic N) is 1. The molecule has 0 radical (unpaired) electrons. The van der Waals surface area contributed by atoms with Gasteiger partial charge in [-0.2, -0.15) is 0 Å². The van der Waals surface area contributed by atoms with Crippen LogP contribution in [0.1, 0.15) is 0 Å². The highest BCUT2D eigenvalue weighted by molar-refractivity contribution is 5.67. The largest absolute Gasteiger partial charge is 0.379 e. The molecule has 0 fully saturated rings. The van der Waals surface area contributed by atoms with Crippen LogP contribution < -0.4 is 10.3 Å². The molecule has 0 aromatic heterocycles. The maximum Gasteiger partial charge on any atom is 0.180 e. The highest BCUT2D eigenvalue weighted by atomic mass is 19.1. The quantitative estimate of drug-likeness (QED) is 0.609. The molecule has 2 rings (SSSR count). The van der Waals surface area contributed by atoms with E-state index in [1.165, 1.54) is 24.5 Å². The second-order valence-corrected chi connectivity index (χ2v) is 2.09. The normalized spacial score (nSPS) is 13.2. The first kappa shape index (κ1) is 6.15. The third kappa shape index (κ3) is 1.02. The molecule has 56 valence electrons. The van der Waals surface area contributed by atoms with E-state index in [2.05, 4.69) is 10.5 Å². The molecule has 1 aromatic rings. The Morgan fingerprint density at radius 1 is 1.45 bits per heavy atom. The van der Waals surface area contributed by atoms with E-state index in [-0.39, 0.29) is 5.82 Å². The molecule has 1 aliphatic heterocycles. The van der Waals surface area contributed by atoms with Crippen molar-refractivity contribution in [1.29, 1.82) is 0 Å². The fourth-order valence-electron chi connectivity index (χ4n) is 0.863. The first-order valence-electron chi connectivity index (χ1n) is 3.11. The molecule has 1 N–H and O–H groups in total. The van der Waals surface area contributed by atoms with Crippen LogP contribution in [0.25, 0.3) is 0 Å². The second-order valence-electron chi connectivity index (χ2n) is 2.09. The van der Waals surface area contributed by atoms with Gasteiger partial charge in [-0.25, -0.2) is 14.9 Å². The summed E-state index contributed by atoms with van der Waals surface area (Å²) in [6.45, 7) is 0. The van der Waals surface area contributed by atoms with E-state index < -0.39 is 0 Å². The van der Waals surface area contributed by atoms with Crippen LogP contribution in [-0.2, 0) is 0 Å². The van der Waals surface area contributed by atoms with Crippen molar-refractivity contribution in [3.63, 3.8) is 0 Å². The predicted octanol–water partition coefficient (Wildman–Crippen LogP) is 1.38. The van der Waals surface area contributed by atoms with Gasteiger partial charge in [-0.15, -0.1) is 0 Å². The van der Waals surface area contributed by atoms with E-state index >= 15 is 0 Å². The summed E-state index contributed by atoms with van der Waals surface area (Å²) in [4.78, 5) is 8.77. The zero-order chi connectivity index (χ0) is 7.68. The van der Waals surface area contributed by atoms with Crippen molar-refractivity contribution in [2.45, 2.75) is 0 Å². The summed E-state index contributed by atoms with van der Waals surface area (Å²) < 4.78 is 12.5. The van der Waals surface area contributed by atoms with Crippen molar-refractivity contribution < 1.29 is 9.23 Å². The van der Waals surface area contributed by atoms with Gasteiger partial charge in [0.2, 0.25) is 0 Å². The second kappa shape index (κ2) is 2.23. The number of benzene rings is 1. The predicted molar refractivity (Wildman–Crippen MR) is 38.3 cm³/mol. The van der Waals surface area contributed by atoms with Crippen molar-refractivity contribution in [2.24, 2.45) is 4.99 Å². The Kier molecular flexibility index (Phi) is 1.25. The number of nitrogens with one attached hydrogen (secondary N) is 1. The highest BCUT2D eigenvalue weighted by Gasteiger charge is 2.06. The molecular weight excluding hydrogens is 147 g/mol. The van der Waals surface area contributed by atoms with Crippen molar-refractivity contribution in [3.05, 3.63) is 24.0 Å². The minimum absolute atomic E-state index is 0.314. The van der Waals surface area contributed by atoms with E-state index in [1.807, 2.05) is 0 Å². The zero-order valence-corrected chi connectivity index (χ0v) is 5.54. The van der Waals surface area contributed by atoms with Crippen LogP contribution in [0.5, 0.6) is 5.75 Å². The Hall–Kier alpha value is -1.58. The van der Waals surface area contributed by atoms with E-state index in [9.17, 15) is 4.39 Å². The third-order valence-corrected chi connectivity index (χ3v) is 1.35. The molecule has 0 amide bonds. The maximum atomic E-state index is 12.5. The highest BCUT2D eigenvalue weighted by Crippen LogP contribution is 2.28. The van der Waals surface area contributed by atoms with Gasteiger partial charge in [0.05, 0.1) is 0 Å². The van der Waals surface area contributed by atoms with Crippen LogP contribution in [0, 0.1) is 5.82 Å². The van der Waals surface area contributed by atoms with E-state index in [0.29, 0.717) is 11.4 Å². The SMILES string of the molecule is Fc1ccc2c(c1)N=CNO2. The lowest BCUT2D eigenvalue weighted by Gasteiger charge is -2.10. The average molecular weight is 152 g/mol. The standard InChI is InChI=1S/C7H5FN2O/c8-5-1-2-7-6(3-5)9-4-10-11-7/h1-4H,(H,9,10). The molecule has 4 heteroatoms. The summed E-state index contributed by atoms with van der Waals surface area (Å²) >= 11 is 0. The Morgan fingerprint density at radius 2 is 2.36 bits per heavy atom. The van der Waals surface area contributed by atoms with Crippen LogP contribution >= 0.6 is 0 Å². The molecule has 0 saturated carbocycles.